The molecule has 0 atom stereocenters. The number of rotatable bonds is 3. The molecule has 4 fully saturated rings. The summed E-state index contributed by atoms with van der Waals surface area (Å²) in [7, 11) is 0. The maximum atomic E-state index is 2.60. The Morgan fingerprint density at radius 3 is 2.29 bits per heavy atom. The van der Waals surface area contributed by atoms with E-state index in [4.69, 9.17) is 0 Å². The molecule has 2 aromatic rings. The van der Waals surface area contributed by atoms with Gasteiger partial charge in [0.25, 0.3) is 0 Å². The molecule has 0 radical (unpaired) electrons. The van der Waals surface area contributed by atoms with E-state index in [0.717, 1.165) is 0 Å². The van der Waals surface area contributed by atoms with Crippen molar-refractivity contribution in [2.75, 3.05) is 46.6 Å². The Hall–Kier alpha value is -0.980. The first kappa shape index (κ1) is 12.6. The normalized spacial score (nSPS) is 37.4. The molecular formula is C16H21N4S+. The molecule has 110 valence electrons. The minimum Gasteiger partial charge on any atom is -0.286 e. The molecule has 1 aromatic heterocycles. The molecule has 4 aliphatic heterocycles. The fourth-order valence-corrected chi connectivity index (χ4v) is 5.43. The Morgan fingerprint density at radius 2 is 1.62 bits per heavy atom. The van der Waals surface area contributed by atoms with Crippen LogP contribution in [0.25, 0.3) is 10.1 Å². The summed E-state index contributed by atoms with van der Waals surface area (Å²) in [4.78, 5) is 9.34. The zero-order valence-electron chi connectivity index (χ0n) is 12.2. The van der Waals surface area contributed by atoms with Crippen LogP contribution in [0.2, 0.25) is 0 Å². The van der Waals surface area contributed by atoms with Gasteiger partial charge in [0.2, 0.25) is 0 Å². The molecule has 0 amide bonds. The number of hydrogen-bond donors (Lipinski definition) is 0. The number of fused-ring (bicyclic) bond motifs is 1. The summed E-state index contributed by atoms with van der Waals surface area (Å²) in [6, 6.07) is 11.2. The van der Waals surface area contributed by atoms with Crippen LogP contribution in [-0.2, 0) is 6.42 Å². The average Bonchev–Trinajstić information content (AvgIpc) is 2.87. The molecule has 0 unspecified atom stereocenters. The largest absolute Gasteiger partial charge is 0.286 e. The van der Waals surface area contributed by atoms with E-state index in [2.05, 4.69) is 45.0 Å². The van der Waals surface area contributed by atoms with Crippen LogP contribution in [0, 0.1) is 0 Å². The molecule has 0 saturated carbocycles. The van der Waals surface area contributed by atoms with Crippen molar-refractivity contribution in [3.8, 4) is 0 Å². The fourth-order valence-electron chi connectivity index (χ4n) is 4.38. The van der Waals surface area contributed by atoms with Crippen molar-refractivity contribution in [2.24, 2.45) is 0 Å². The zero-order valence-corrected chi connectivity index (χ0v) is 13.1. The van der Waals surface area contributed by atoms with Crippen LogP contribution in [0.15, 0.2) is 30.3 Å². The summed E-state index contributed by atoms with van der Waals surface area (Å²) in [6.07, 6.45) is 1.22. The van der Waals surface area contributed by atoms with E-state index in [1.54, 1.807) is 4.88 Å². The Bertz CT molecular complexity index is 611. The second kappa shape index (κ2) is 4.51. The molecule has 21 heavy (non-hydrogen) atoms. The lowest BCUT2D eigenvalue weighted by Gasteiger charge is -2.60. The third-order valence-corrected chi connectivity index (χ3v) is 6.18. The van der Waals surface area contributed by atoms with Crippen LogP contribution in [-0.4, -0.2) is 65.7 Å². The topological polar surface area (TPSA) is 9.72 Å². The molecule has 4 saturated heterocycles. The van der Waals surface area contributed by atoms with E-state index < -0.39 is 0 Å². The lowest BCUT2D eigenvalue weighted by Crippen LogP contribution is -2.79. The van der Waals surface area contributed by atoms with E-state index in [-0.39, 0.29) is 0 Å². The van der Waals surface area contributed by atoms with Crippen molar-refractivity contribution in [1.82, 2.24) is 14.7 Å². The van der Waals surface area contributed by atoms with Crippen LogP contribution < -0.4 is 0 Å². The van der Waals surface area contributed by atoms with Gasteiger partial charge in [0.1, 0.15) is 20.0 Å². The number of quaternary nitrogens is 1. The molecule has 0 aliphatic carbocycles. The van der Waals surface area contributed by atoms with Crippen LogP contribution in [0.1, 0.15) is 4.88 Å². The van der Waals surface area contributed by atoms with Gasteiger partial charge in [-0.05, 0) is 17.5 Å². The van der Waals surface area contributed by atoms with E-state index in [1.165, 1.54) is 67.5 Å². The van der Waals surface area contributed by atoms with Crippen molar-refractivity contribution in [2.45, 2.75) is 6.42 Å². The number of thiophene rings is 1. The lowest BCUT2D eigenvalue weighted by molar-refractivity contribution is -0.980. The third-order valence-electron chi connectivity index (χ3n) is 5.01. The maximum Gasteiger partial charge on any atom is 0.139 e. The first-order chi connectivity index (χ1) is 10.3. The minimum absolute atomic E-state index is 1.18. The predicted molar refractivity (Wildman–Crippen MR) is 85.4 cm³/mol. The SMILES string of the molecule is c1ccc2sc(CC[N+]34CN5CN(CN(C5)C3)C4)cc2c1. The van der Waals surface area contributed by atoms with Crippen molar-refractivity contribution < 1.29 is 4.48 Å². The van der Waals surface area contributed by atoms with Gasteiger partial charge in [-0.1, -0.05) is 18.2 Å². The second-order valence-corrected chi connectivity index (χ2v) is 8.10. The Morgan fingerprint density at radius 1 is 0.952 bits per heavy atom. The van der Waals surface area contributed by atoms with E-state index in [9.17, 15) is 0 Å². The summed E-state index contributed by atoms with van der Waals surface area (Å²) in [5.74, 6) is 0. The molecule has 4 nitrogen and oxygen atoms in total. The van der Waals surface area contributed by atoms with Crippen molar-refractivity contribution >= 4 is 21.4 Å². The van der Waals surface area contributed by atoms with Crippen LogP contribution in [0.5, 0.6) is 0 Å². The highest BCUT2D eigenvalue weighted by Gasteiger charge is 2.48. The number of benzene rings is 1. The Kier molecular flexibility index (Phi) is 2.69. The van der Waals surface area contributed by atoms with E-state index in [1.807, 2.05) is 11.3 Å². The van der Waals surface area contributed by atoms with Gasteiger partial charge < -0.3 is 0 Å². The highest BCUT2D eigenvalue weighted by atomic mass is 32.1. The number of hydrogen-bond acceptors (Lipinski definition) is 4. The molecule has 5 heterocycles. The quantitative estimate of drug-likeness (QED) is 0.803. The summed E-state index contributed by atoms with van der Waals surface area (Å²) in [5, 5.41) is 1.41. The highest BCUT2D eigenvalue weighted by Crippen LogP contribution is 2.31. The Balaban J connectivity index is 1.35. The van der Waals surface area contributed by atoms with Crippen molar-refractivity contribution in [3.63, 3.8) is 0 Å². The summed E-state index contributed by atoms with van der Waals surface area (Å²) in [6.45, 7) is 8.56. The van der Waals surface area contributed by atoms with Crippen molar-refractivity contribution in [3.05, 3.63) is 35.2 Å². The first-order valence-corrected chi connectivity index (χ1v) is 8.59. The van der Waals surface area contributed by atoms with E-state index >= 15 is 0 Å². The van der Waals surface area contributed by atoms with Gasteiger partial charge in [-0.3, -0.25) is 4.48 Å². The minimum atomic E-state index is 1.18. The van der Waals surface area contributed by atoms with Gasteiger partial charge in [0.15, 0.2) is 0 Å². The molecule has 5 heteroatoms. The van der Waals surface area contributed by atoms with Gasteiger partial charge in [-0.15, -0.1) is 11.3 Å². The van der Waals surface area contributed by atoms with E-state index in [0.29, 0.717) is 0 Å². The highest BCUT2D eigenvalue weighted by molar-refractivity contribution is 7.19. The second-order valence-electron chi connectivity index (χ2n) is 6.93. The molecule has 6 rings (SSSR count). The maximum absolute atomic E-state index is 2.60. The van der Waals surface area contributed by atoms with Gasteiger partial charge >= 0.3 is 0 Å². The van der Waals surface area contributed by atoms with Crippen LogP contribution in [0.4, 0.5) is 0 Å². The van der Waals surface area contributed by atoms with Gasteiger partial charge in [0, 0.05) is 16.0 Å². The molecule has 1 aromatic carbocycles. The first-order valence-electron chi connectivity index (χ1n) is 7.78. The standard InChI is InChI=1S/C16H21N4S/c1-2-4-16-14(3-1)7-15(21-16)5-6-20-11-17-8-18(12-20)10-19(9-17)13-20/h1-4,7H,5-6,8-13H2/q+1. The molecule has 4 bridgehead atoms. The monoisotopic (exact) mass is 301 g/mol. The predicted octanol–water partition coefficient (Wildman–Crippen LogP) is 1.95. The third kappa shape index (κ3) is 2.12. The van der Waals surface area contributed by atoms with Crippen molar-refractivity contribution in [1.29, 1.82) is 0 Å². The van der Waals surface area contributed by atoms with Gasteiger partial charge in [0.05, 0.1) is 26.6 Å². The summed E-state index contributed by atoms with van der Waals surface area (Å²) in [5.41, 5.74) is 0. The summed E-state index contributed by atoms with van der Waals surface area (Å²) >= 11 is 1.98. The summed E-state index contributed by atoms with van der Waals surface area (Å²) < 4.78 is 2.68. The van der Waals surface area contributed by atoms with Gasteiger partial charge in [-0.2, -0.15) is 0 Å². The van der Waals surface area contributed by atoms with Crippen LogP contribution in [0.3, 0.4) is 0 Å². The smallest absolute Gasteiger partial charge is 0.139 e. The lowest BCUT2D eigenvalue weighted by atomic mass is 10.2. The Labute approximate surface area is 129 Å². The molecule has 4 aliphatic rings. The fraction of sp³-hybridized carbons (Fsp3) is 0.500. The average molecular weight is 301 g/mol. The van der Waals surface area contributed by atoms with Gasteiger partial charge in [-0.25, -0.2) is 14.7 Å². The van der Waals surface area contributed by atoms with Crippen LogP contribution >= 0.6 is 11.3 Å². The molecule has 0 N–H and O–H groups in total. The molecule has 0 spiro atoms. The zero-order chi connectivity index (χ0) is 13.9. The molecular weight excluding hydrogens is 280 g/mol. The number of nitrogens with zero attached hydrogens (tertiary/aromatic N) is 4.